The lowest BCUT2D eigenvalue weighted by Gasteiger charge is -2.08. The number of rotatable bonds is 1. The lowest BCUT2D eigenvalue weighted by Crippen LogP contribution is -2.27. The van der Waals surface area contributed by atoms with E-state index in [1.807, 2.05) is 0 Å². The van der Waals surface area contributed by atoms with Gasteiger partial charge in [0.25, 0.3) is 11.5 Å². The van der Waals surface area contributed by atoms with Crippen LogP contribution in [-0.4, -0.2) is 30.5 Å². The molecule has 0 heterocycles. The number of hydrogen-bond acceptors (Lipinski definition) is 1. The summed E-state index contributed by atoms with van der Waals surface area (Å²) >= 11 is 4.77. The van der Waals surface area contributed by atoms with Crippen molar-refractivity contribution in [2.45, 2.75) is 5.63 Å². The summed E-state index contributed by atoms with van der Waals surface area (Å²) in [6, 6.07) is 0. The van der Waals surface area contributed by atoms with Crippen molar-refractivity contribution < 1.29 is 9.18 Å². The van der Waals surface area contributed by atoms with E-state index in [-0.39, 0.29) is 0 Å². The smallest absolute Gasteiger partial charge is 0.272 e. The molecule has 0 bridgehead atoms. The fraction of sp³-hybridized carbons (Fsp3) is 0.750. The molecule has 0 saturated carbocycles. The van der Waals surface area contributed by atoms with E-state index in [1.165, 1.54) is 14.1 Å². The van der Waals surface area contributed by atoms with Gasteiger partial charge in [-0.15, -0.1) is 0 Å². The predicted molar refractivity (Wildman–Crippen MR) is 29.4 cm³/mol. The molecule has 0 saturated heterocycles. The first-order valence-electron chi connectivity index (χ1n) is 2.05. The second-order valence-corrected chi connectivity index (χ2v) is 1.92. The zero-order valence-electron chi connectivity index (χ0n) is 4.69. The Morgan fingerprint density at radius 3 is 2.12 bits per heavy atom. The van der Waals surface area contributed by atoms with Gasteiger partial charge in [-0.3, -0.25) is 4.79 Å². The molecule has 48 valence electrons. The van der Waals surface area contributed by atoms with Crippen LogP contribution in [0.15, 0.2) is 0 Å². The van der Waals surface area contributed by atoms with Gasteiger partial charge in [0.1, 0.15) is 0 Å². The van der Waals surface area contributed by atoms with Crippen LogP contribution in [0.1, 0.15) is 0 Å². The zero-order valence-corrected chi connectivity index (χ0v) is 5.44. The van der Waals surface area contributed by atoms with Crippen LogP contribution in [0, 0.1) is 0 Å². The molecule has 0 rings (SSSR count). The summed E-state index contributed by atoms with van der Waals surface area (Å²) in [5, 5.41) is 0. The summed E-state index contributed by atoms with van der Waals surface area (Å²) in [6.07, 6.45) is 0. The average molecular weight is 140 g/mol. The van der Waals surface area contributed by atoms with Crippen LogP contribution in [0.5, 0.6) is 0 Å². The highest BCUT2D eigenvalue weighted by atomic mass is 35.5. The maximum Gasteiger partial charge on any atom is 0.272 e. The van der Waals surface area contributed by atoms with E-state index in [1.54, 1.807) is 0 Å². The molecule has 0 N–H and O–H groups in total. The van der Waals surface area contributed by atoms with E-state index < -0.39 is 11.5 Å². The molecule has 0 aliphatic heterocycles. The van der Waals surface area contributed by atoms with Crippen LogP contribution in [0.4, 0.5) is 4.39 Å². The van der Waals surface area contributed by atoms with Gasteiger partial charge in [0.15, 0.2) is 0 Å². The third-order valence-electron chi connectivity index (χ3n) is 0.627. The maximum atomic E-state index is 11.7. The highest BCUT2D eigenvalue weighted by Crippen LogP contribution is 1.98. The van der Waals surface area contributed by atoms with Gasteiger partial charge in [-0.2, -0.15) is 0 Å². The highest BCUT2D eigenvalue weighted by molar-refractivity contribution is 6.29. The number of carbonyl (C=O) groups excluding carboxylic acids is 1. The molecule has 0 aliphatic rings. The molecule has 0 spiro atoms. The van der Waals surface area contributed by atoms with Gasteiger partial charge < -0.3 is 4.90 Å². The largest absolute Gasteiger partial charge is 0.345 e. The van der Waals surface area contributed by atoms with Gasteiger partial charge in [0.05, 0.1) is 0 Å². The highest BCUT2D eigenvalue weighted by Gasteiger charge is 2.13. The molecule has 0 radical (unpaired) electrons. The Hall–Kier alpha value is -0.310. The molecular formula is C4H7ClFNO. The summed E-state index contributed by atoms with van der Waals surface area (Å²) in [5.74, 6) is -0.716. The molecule has 0 aromatic rings. The van der Waals surface area contributed by atoms with Gasteiger partial charge in [-0.05, 0) is 0 Å². The van der Waals surface area contributed by atoms with Gasteiger partial charge in [0.2, 0.25) is 0 Å². The van der Waals surface area contributed by atoms with E-state index >= 15 is 0 Å². The first kappa shape index (κ1) is 7.69. The number of amides is 1. The van der Waals surface area contributed by atoms with Crippen molar-refractivity contribution in [3.8, 4) is 0 Å². The molecule has 0 fully saturated rings. The Kier molecular flexibility index (Phi) is 2.76. The van der Waals surface area contributed by atoms with Crippen molar-refractivity contribution in [1.29, 1.82) is 0 Å². The van der Waals surface area contributed by atoms with Crippen molar-refractivity contribution in [2.24, 2.45) is 0 Å². The Balaban J connectivity index is 3.65. The monoisotopic (exact) mass is 139 g/mol. The minimum Gasteiger partial charge on any atom is -0.345 e. The minimum absolute atomic E-state index is 0.716. The van der Waals surface area contributed by atoms with Crippen molar-refractivity contribution in [2.75, 3.05) is 14.1 Å². The first-order chi connectivity index (χ1) is 3.55. The van der Waals surface area contributed by atoms with Gasteiger partial charge in [-0.25, -0.2) is 4.39 Å². The normalized spacial score (nSPS) is 13.0. The van der Waals surface area contributed by atoms with Crippen LogP contribution in [0.2, 0.25) is 0 Å². The Morgan fingerprint density at radius 2 is 2.12 bits per heavy atom. The number of alkyl halides is 2. The van der Waals surface area contributed by atoms with Crippen molar-refractivity contribution in [1.82, 2.24) is 4.90 Å². The fourth-order valence-electron chi connectivity index (χ4n) is 0.195. The molecule has 8 heavy (non-hydrogen) atoms. The van der Waals surface area contributed by atoms with E-state index in [4.69, 9.17) is 11.6 Å². The molecule has 0 aliphatic carbocycles. The maximum absolute atomic E-state index is 11.7. The molecule has 1 atom stereocenters. The Labute approximate surface area is 52.2 Å². The molecule has 2 nitrogen and oxygen atoms in total. The number of carbonyl (C=O) groups is 1. The number of halogens is 2. The Morgan fingerprint density at radius 1 is 1.75 bits per heavy atom. The summed E-state index contributed by atoms with van der Waals surface area (Å²) in [4.78, 5) is 11.4. The average Bonchev–Trinajstić information content (AvgIpc) is 1.64. The van der Waals surface area contributed by atoms with Crippen LogP contribution < -0.4 is 0 Å². The summed E-state index contributed by atoms with van der Waals surface area (Å²) in [7, 11) is 2.88. The van der Waals surface area contributed by atoms with Crippen molar-refractivity contribution in [3.63, 3.8) is 0 Å². The van der Waals surface area contributed by atoms with Crippen LogP contribution >= 0.6 is 11.6 Å². The summed E-state index contributed by atoms with van der Waals surface area (Å²) in [6.45, 7) is 0. The van der Waals surface area contributed by atoms with Crippen LogP contribution in [0.25, 0.3) is 0 Å². The molecular weight excluding hydrogens is 133 g/mol. The molecule has 0 aromatic carbocycles. The molecule has 1 unspecified atom stereocenters. The fourth-order valence-corrected chi connectivity index (χ4v) is 0.390. The van der Waals surface area contributed by atoms with Crippen LogP contribution in [0.3, 0.4) is 0 Å². The van der Waals surface area contributed by atoms with E-state index in [9.17, 15) is 9.18 Å². The second kappa shape index (κ2) is 2.87. The first-order valence-corrected chi connectivity index (χ1v) is 2.48. The predicted octanol–water partition coefficient (Wildman–Crippen LogP) is 0.609. The lowest BCUT2D eigenvalue weighted by atomic mass is 10.6. The van der Waals surface area contributed by atoms with E-state index in [0.29, 0.717) is 0 Å². The second-order valence-electron chi connectivity index (χ2n) is 1.53. The van der Waals surface area contributed by atoms with Crippen molar-refractivity contribution in [3.05, 3.63) is 0 Å². The van der Waals surface area contributed by atoms with E-state index in [0.717, 1.165) is 4.90 Å². The third-order valence-corrected chi connectivity index (χ3v) is 0.814. The third kappa shape index (κ3) is 2.12. The molecule has 1 amide bonds. The van der Waals surface area contributed by atoms with Crippen LogP contribution in [-0.2, 0) is 4.79 Å². The standard InChI is InChI=1S/C4H7ClFNO/c1-7(2)4(8)3(5)6/h3H,1-2H3. The molecule has 4 heteroatoms. The van der Waals surface area contributed by atoms with Crippen molar-refractivity contribution >= 4 is 17.5 Å². The minimum atomic E-state index is -1.90. The van der Waals surface area contributed by atoms with Gasteiger partial charge in [0, 0.05) is 14.1 Å². The summed E-state index contributed by atoms with van der Waals surface area (Å²) < 4.78 is 11.7. The number of nitrogens with zero attached hydrogens (tertiary/aromatic N) is 1. The number of hydrogen-bond donors (Lipinski definition) is 0. The Bertz CT molecular complexity index is 84.0. The lowest BCUT2D eigenvalue weighted by molar-refractivity contribution is -0.131. The van der Waals surface area contributed by atoms with E-state index in [2.05, 4.69) is 0 Å². The SMILES string of the molecule is CN(C)C(=O)C(F)Cl. The summed E-state index contributed by atoms with van der Waals surface area (Å²) in [5.41, 5.74) is -1.90. The topological polar surface area (TPSA) is 20.3 Å². The molecule has 0 aromatic heterocycles. The zero-order chi connectivity index (χ0) is 6.73. The van der Waals surface area contributed by atoms with Gasteiger partial charge >= 0.3 is 0 Å². The van der Waals surface area contributed by atoms with Gasteiger partial charge in [-0.1, -0.05) is 11.6 Å². The quantitative estimate of drug-likeness (QED) is 0.488.